The second-order valence-electron chi connectivity index (χ2n) is 6.11. The van der Waals surface area contributed by atoms with Crippen LogP contribution in [0.15, 0.2) is 0 Å². The summed E-state index contributed by atoms with van der Waals surface area (Å²) in [6.07, 6.45) is 6.50. The van der Waals surface area contributed by atoms with Gasteiger partial charge in [0.25, 0.3) is 0 Å². The topological polar surface area (TPSA) is 12.0 Å². The molecule has 0 aliphatic heterocycles. The van der Waals surface area contributed by atoms with Gasteiger partial charge >= 0.3 is 0 Å². The Hall–Kier alpha value is 0.310. The molecule has 2 rings (SSSR count). The lowest BCUT2D eigenvalue weighted by Crippen LogP contribution is -2.45. The van der Waals surface area contributed by atoms with Crippen LogP contribution in [0.2, 0.25) is 0 Å². The number of fused-ring (bicyclic) bond motifs is 2. The molecule has 2 aliphatic rings. The highest BCUT2D eigenvalue weighted by Crippen LogP contribution is 2.65. The van der Waals surface area contributed by atoms with E-state index in [1.165, 1.54) is 31.6 Å². The van der Waals surface area contributed by atoms with E-state index in [9.17, 15) is 0 Å². The average Bonchev–Trinajstić information content (AvgIpc) is 2.51. The molecule has 2 bridgehead atoms. The molecule has 2 heteroatoms. The van der Waals surface area contributed by atoms with Crippen molar-refractivity contribution in [2.75, 3.05) is 18.6 Å². The standard InChI is InChI=1S/C13H25NS/c1-12(2)10-5-6-13(12,3)11(9-10)14-7-8-15-4/h10-11,14H,5-9H2,1-4H3/t10-,11?,13+/m0/s1. The number of rotatable bonds is 4. The molecule has 0 aromatic heterocycles. The first-order valence-electron chi connectivity index (χ1n) is 6.24. The fourth-order valence-corrected chi connectivity index (χ4v) is 4.17. The first-order chi connectivity index (χ1) is 7.02. The monoisotopic (exact) mass is 227 g/mol. The van der Waals surface area contributed by atoms with Crippen molar-refractivity contribution in [1.82, 2.24) is 5.32 Å². The van der Waals surface area contributed by atoms with Crippen LogP contribution in [-0.2, 0) is 0 Å². The normalized spacial score (nSPS) is 42.4. The maximum absolute atomic E-state index is 3.79. The molecule has 15 heavy (non-hydrogen) atoms. The van der Waals surface area contributed by atoms with E-state index >= 15 is 0 Å². The summed E-state index contributed by atoms with van der Waals surface area (Å²) >= 11 is 1.94. The van der Waals surface area contributed by atoms with Gasteiger partial charge in [0.15, 0.2) is 0 Å². The Morgan fingerprint density at radius 2 is 2.07 bits per heavy atom. The van der Waals surface area contributed by atoms with Gasteiger partial charge in [-0.15, -0.1) is 0 Å². The number of hydrogen-bond donors (Lipinski definition) is 1. The van der Waals surface area contributed by atoms with Gasteiger partial charge in [0, 0.05) is 18.3 Å². The Morgan fingerprint density at radius 1 is 1.33 bits per heavy atom. The molecular formula is C13H25NS. The molecule has 0 amide bonds. The predicted molar refractivity (Wildman–Crippen MR) is 69.4 cm³/mol. The molecule has 0 heterocycles. The van der Waals surface area contributed by atoms with Crippen LogP contribution < -0.4 is 5.32 Å². The van der Waals surface area contributed by atoms with Gasteiger partial charge in [-0.05, 0) is 42.3 Å². The molecule has 0 aromatic rings. The minimum atomic E-state index is 0.552. The Bertz CT molecular complexity index is 239. The summed E-state index contributed by atoms with van der Waals surface area (Å²) in [4.78, 5) is 0. The molecule has 0 spiro atoms. The minimum absolute atomic E-state index is 0.552. The van der Waals surface area contributed by atoms with Gasteiger partial charge < -0.3 is 5.32 Å². The zero-order valence-electron chi connectivity index (χ0n) is 10.6. The van der Waals surface area contributed by atoms with Crippen molar-refractivity contribution in [3.05, 3.63) is 0 Å². The van der Waals surface area contributed by atoms with Crippen LogP contribution in [0.5, 0.6) is 0 Å². The van der Waals surface area contributed by atoms with E-state index < -0.39 is 0 Å². The van der Waals surface area contributed by atoms with E-state index in [1.54, 1.807) is 0 Å². The van der Waals surface area contributed by atoms with E-state index in [0.717, 1.165) is 12.0 Å². The number of nitrogens with one attached hydrogen (secondary N) is 1. The molecule has 2 fully saturated rings. The minimum Gasteiger partial charge on any atom is -0.313 e. The van der Waals surface area contributed by atoms with Crippen molar-refractivity contribution in [1.29, 1.82) is 0 Å². The lowest BCUT2D eigenvalue weighted by Gasteiger charge is -2.39. The van der Waals surface area contributed by atoms with Gasteiger partial charge in [-0.3, -0.25) is 0 Å². The highest BCUT2D eigenvalue weighted by molar-refractivity contribution is 7.98. The van der Waals surface area contributed by atoms with E-state index in [0.29, 0.717) is 10.8 Å². The lowest BCUT2D eigenvalue weighted by atomic mass is 9.69. The van der Waals surface area contributed by atoms with Gasteiger partial charge in [0.2, 0.25) is 0 Å². The summed E-state index contributed by atoms with van der Waals surface area (Å²) in [7, 11) is 0. The lowest BCUT2D eigenvalue weighted by molar-refractivity contribution is 0.122. The molecule has 2 aliphatic carbocycles. The summed E-state index contributed by atoms with van der Waals surface area (Å²) in [5.74, 6) is 2.21. The van der Waals surface area contributed by atoms with E-state index in [1.807, 2.05) is 11.8 Å². The average molecular weight is 227 g/mol. The molecule has 2 saturated carbocycles. The highest BCUT2D eigenvalue weighted by atomic mass is 32.2. The molecule has 0 aromatic carbocycles. The van der Waals surface area contributed by atoms with Crippen LogP contribution in [0.3, 0.4) is 0 Å². The second kappa shape index (κ2) is 3.96. The Kier molecular flexibility index (Phi) is 3.11. The molecule has 1 unspecified atom stereocenters. The fourth-order valence-electron chi connectivity index (χ4n) is 3.85. The summed E-state index contributed by atoms with van der Waals surface area (Å²) in [5.41, 5.74) is 1.11. The summed E-state index contributed by atoms with van der Waals surface area (Å²) in [6, 6.07) is 0.776. The van der Waals surface area contributed by atoms with Gasteiger partial charge in [-0.2, -0.15) is 11.8 Å². The van der Waals surface area contributed by atoms with Gasteiger partial charge in [-0.25, -0.2) is 0 Å². The summed E-state index contributed by atoms with van der Waals surface area (Å²) in [5, 5.41) is 3.79. The van der Waals surface area contributed by atoms with Gasteiger partial charge in [-0.1, -0.05) is 20.8 Å². The molecule has 3 atom stereocenters. The van der Waals surface area contributed by atoms with E-state index in [2.05, 4.69) is 32.3 Å². The van der Waals surface area contributed by atoms with Crippen LogP contribution in [0, 0.1) is 16.7 Å². The Labute approximate surface area is 98.8 Å². The zero-order valence-corrected chi connectivity index (χ0v) is 11.4. The molecule has 0 radical (unpaired) electrons. The van der Waals surface area contributed by atoms with Gasteiger partial charge in [0.05, 0.1) is 0 Å². The van der Waals surface area contributed by atoms with Crippen molar-refractivity contribution in [3.8, 4) is 0 Å². The highest BCUT2D eigenvalue weighted by Gasteiger charge is 2.60. The first kappa shape index (κ1) is 11.8. The molecule has 1 N–H and O–H groups in total. The van der Waals surface area contributed by atoms with Crippen molar-refractivity contribution in [3.63, 3.8) is 0 Å². The van der Waals surface area contributed by atoms with Crippen molar-refractivity contribution >= 4 is 11.8 Å². The van der Waals surface area contributed by atoms with Gasteiger partial charge in [0.1, 0.15) is 0 Å². The van der Waals surface area contributed by atoms with Crippen LogP contribution in [0.1, 0.15) is 40.0 Å². The third-order valence-corrected chi connectivity index (χ3v) is 6.10. The van der Waals surface area contributed by atoms with Crippen LogP contribution >= 0.6 is 11.8 Å². The first-order valence-corrected chi connectivity index (χ1v) is 7.64. The Morgan fingerprint density at radius 3 is 2.53 bits per heavy atom. The van der Waals surface area contributed by atoms with Crippen LogP contribution in [-0.4, -0.2) is 24.6 Å². The van der Waals surface area contributed by atoms with E-state index in [4.69, 9.17) is 0 Å². The summed E-state index contributed by atoms with van der Waals surface area (Å²) < 4.78 is 0. The quantitative estimate of drug-likeness (QED) is 0.741. The molecular weight excluding hydrogens is 202 g/mol. The maximum atomic E-state index is 3.79. The van der Waals surface area contributed by atoms with E-state index in [-0.39, 0.29) is 0 Å². The van der Waals surface area contributed by atoms with Crippen LogP contribution in [0.4, 0.5) is 0 Å². The molecule has 1 nitrogen and oxygen atoms in total. The van der Waals surface area contributed by atoms with Crippen molar-refractivity contribution in [2.45, 2.75) is 46.1 Å². The second-order valence-corrected chi connectivity index (χ2v) is 7.10. The zero-order chi connectivity index (χ0) is 11.1. The largest absolute Gasteiger partial charge is 0.313 e. The summed E-state index contributed by atoms with van der Waals surface area (Å²) in [6.45, 7) is 8.67. The SMILES string of the molecule is CSCCNC1C[C@@H]2CC[C@@]1(C)C2(C)C. The third kappa shape index (κ3) is 1.64. The van der Waals surface area contributed by atoms with Crippen molar-refractivity contribution < 1.29 is 0 Å². The number of thioether (sulfide) groups is 1. The Balaban J connectivity index is 1.99. The third-order valence-electron chi connectivity index (χ3n) is 5.49. The van der Waals surface area contributed by atoms with Crippen LogP contribution in [0.25, 0.3) is 0 Å². The predicted octanol–water partition coefficient (Wildman–Crippen LogP) is 3.15. The fraction of sp³-hybridized carbons (Fsp3) is 1.00. The smallest absolute Gasteiger partial charge is 0.0129 e. The molecule has 0 saturated heterocycles. The number of hydrogen-bond acceptors (Lipinski definition) is 2. The van der Waals surface area contributed by atoms with Crippen molar-refractivity contribution in [2.24, 2.45) is 16.7 Å². The molecule has 88 valence electrons. The maximum Gasteiger partial charge on any atom is 0.0129 e.